The largest absolute Gasteiger partial charge is 0.491 e. The fraction of sp³-hybridized carbons (Fsp3) is 0.259. The predicted molar refractivity (Wildman–Crippen MR) is 133 cm³/mol. The van der Waals surface area contributed by atoms with Crippen molar-refractivity contribution in [1.29, 1.82) is 0 Å². The van der Waals surface area contributed by atoms with Crippen molar-refractivity contribution in [3.05, 3.63) is 94.3 Å². The first-order valence-corrected chi connectivity index (χ1v) is 11.6. The number of nitrogens with zero attached hydrogens (tertiary/aromatic N) is 2. The van der Waals surface area contributed by atoms with Crippen molar-refractivity contribution in [2.75, 3.05) is 13.2 Å². The molecule has 0 bridgehead atoms. The lowest BCUT2D eigenvalue weighted by molar-refractivity contribution is 0.0953. The third-order valence-electron chi connectivity index (χ3n) is 5.62. The van der Waals surface area contributed by atoms with Gasteiger partial charge in [-0.05, 0) is 73.9 Å². The Morgan fingerprint density at radius 1 is 1.06 bits per heavy atom. The van der Waals surface area contributed by atoms with Gasteiger partial charge in [-0.1, -0.05) is 35.9 Å². The minimum atomic E-state index is -0.0953. The molecule has 0 aliphatic carbocycles. The van der Waals surface area contributed by atoms with Crippen LogP contribution in [0.25, 0.3) is 11.0 Å². The molecular formula is C27H28ClN3O2. The highest BCUT2D eigenvalue weighted by molar-refractivity contribution is 6.30. The molecule has 0 atom stereocenters. The molecule has 5 nitrogen and oxygen atoms in total. The van der Waals surface area contributed by atoms with Crippen molar-refractivity contribution in [2.24, 2.45) is 0 Å². The minimum Gasteiger partial charge on any atom is -0.491 e. The molecule has 3 aromatic carbocycles. The van der Waals surface area contributed by atoms with Crippen LogP contribution in [-0.2, 0) is 13.0 Å². The quantitative estimate of drug-likeness (QED) is 0.323. The number of ether oxygens (including phenoxy) is 1. The van der Waals surface area contributed by atoms with E-state index in [2.05, 4.69) is 48.0 Å². The van der Waals surface area contributed by atoms with Gasteiger partial charge in [-0.3, -0.25) is 4.79 Å². The van der Waals surface area contributed by atoms with E-state index in [1.165, 1.54) is 5.56 Å². The maximum atomic E-state index is 12.3. The molecule has 4 rings (SSSR count). The highest BCUT2D eigenvalue weighted by atomic mass is 35.5. The summed E-state index contributed by atoms with van der Waals surface area (Å²) < 4.78 is 8.32. The predicted octanol–water partition coefficient (Wildman–Crippen LogP) is 5.75. The van der Waals surface area contributed by atoms with Crippen LogP contribution in [0.1, 0.15) is 33.7 Å². The second kappa shape index (κ2) is 10.5. The molecule has 1 aromatic heterocycles. The van der Waals surface area contributed by atoms with Gasteiger partial charge in [0.25, 0.3) is 5.91 Å². The van der Waals surface area contributed by atoms with E-state index in [9.17, 15) is 4.79 Å². The number of hydrogen-bond acceptors (Lipinski definition) is 3. The first kappa shape index (κ1) is 22.9. The van der Waals surface area contributed by atoms with E-state index < -0.39 is 0 Å². The van der Waals surface area contributed by atoms with Gasteiger partial charge in [-0.2, -0.15) is 0 Å². The number of rotatable bonds is 9. The number of hydrogen-bond donors (Lipinski definition) is 1. The summed E-state index contributed by atoms with van der Waals surface area (Å²) in [6.07, 6.45) is 1.56. The number of imidazole rings is 1. The van der Waals surface area contributed by atoms with E-state index in [1.54, 1.807) is 24.3 Å². The number of amides is 1. The molecule has 0 radical (unpaired) electrons. The van der Waals surface area contributed by atoms with Crippen LogP contribution in [0.5, 0.6) is 5.75 Å². The van der Waals surface area contributed by atoms with E-state index in [1.807, 2.05) is 18.2 Å². The highest BCUT2D eigenvalue weighted by Gasteiger charge is 2.11. The average molecular weight is 462 g/mol. The number of benzene rings is 3. The van der Waals surface area contributed by atoms with Gasteiger partial charge in [0.05, 0.1) is 17.6 Å². The number of carbonyl (C=O) groups is 1. The van der Waals surface area contributed by atoms with Crippen LogP contribution < -0.4 is 10.1 Å². The summed E-state index contributed by atoms with van der Waals surface area (Å²) in [6, 6.07) is 21.3. The van der Waals surface area contributed by atoms with Gasteiger partial charge in [0, 0.05) is 23.6 Å². The van der Waals surface area contributed by atoms with Crippen LogP contribution >= 0.6 is 11.6 Å². The molecule has 33 heavy (non-hydrogen) atoms. The summed E-state index contributed by atoms with van der Waals surface area (Å²) in [7, 11) is 0. The SMILES string of the molecule is Cc1ccc(C)c(OCCn2c(CCCNC(=O)c3ccc(Cl)cc3)nc3ccccc32)c1. The van der Waals surface area contributed by atoms with E-state index >= 15 is 0 Å². The Bertz CT molecular complexity index is 1250. The lowest BCUT2D eigenvalue weighted by Crippen LogP contribution is -2.25. The summed E-state index contributed by atoms with van der Waals surface area (Å²) in [5.74, 6) is 1.83. The molecule has 0 aliphatic rings. The maximum Gasteiger partial charge on any atom is 0.251 e. The highest BCUT2D eigenvalue weighted by Crippen LogP contribution is 2.21. The summed E-state index contributed by atoms with van der Waals surface area (Å²) in [5.41, 5.74) is 5.00. The number of aromatic nitrogens is 2. The number of para-hydroxylation sites is 2. The van der Waals surface area contributed by atoms with Crippen LogP contribution in [0.3, 0.4) is 0 Å². The van der Waals surface area contributed by atoms with Gasteiger partial charge < -0.3 is 14.6 Å². The molecule has 1 heterocycles. The van der Waals surface area contributed by atoms with E-state index in [-0.39, 0.29) is 5.91 Å². The van der Waals surface area contributed by atoms with Gasteiger partial charge in [0.15, 0.2) is 0 Å². The molecule has 0 spiro atoms. The first-order valence-electron chi connectivity index (χ1n) is 11.2. The monoisotopic (exact) mass is 461 g/mol. The smallest absolute Gasteiger partial charge is 0.251 e. The van der Waals surface area contributed by atoms with Gasteiger partial charge in [0.1, 0.15) is 18.2 Å². The Morgan fingerprint density at radius 3 is 2.67 bits per heavy atom. The topological polar surface area (TPSA) is 56.1 Å². The van der Waals surface area contributed by atoms with E-state index in [4.69, 9.17) is 21.3 Å². The Kier molecular flexibility index (Phi) is 7.30. The number of nitrogens with one attached hydrogen (secondary N) is 1. The zero-order valence-electron chi connectivity index (χ0n) is 19.0. The summed E-state index contributed by atoms with van der Waals surface area (Å²) >= 11 is 5.89. The lowest BCUT2D eigenvalue weighted by atomic mass is 10.1. The van der Waals surface area contributed by atoms with Gasteiger partial charge in [0.2, 0.25) is 0 Å². The van der Waals surface area contributed by atoms with Crippen molar-refractivity contribution < 1.29 is 9.53 Å². The third-order valence-corrected chi connectivity index (χ3v) is 5.87. The van der Waals surface area contributed by atoms with E-state index in [0.29, 0.717) is 30.3 Å². The fourth-order valence-electron chi connectivity index (χ4n) is 3.83. The van der Waals surface area contributed by atoms with Crippen molar-refractivity contribution in [1.82, 2.24) is 14.9 Å². The summed E-state index contributed by atoms with van der Waals surface area (Å²) in [6.45, 7) is 5.97. The van der Waals surface area contributed by atoms with Crippen LogP contribution in [-0.4, -0.2) is 28.6 Å². The molecule has 1 N–H and O–H groups in total. The number of halogens is 1. The molecule has 4 aromatic rings. The molecule has 0 aliphatic heterocycles. The molecular weight excluding hydrogens is 434 g/mol. The van der Waals surface area contributed by atoms with Gasteiger partial charge >= 0.3 is 0 Å². The second-order valence-corrected chi connectivity index (χ2v) is 8.59. The van der Waals surface area contributed by atoms with Crippen molar-refractivity contribution in [3.63, 3.8) is 0 Å². The van der Waals surface area contributed by atoms with Gasteiger partial charge in [-0.15, -0.1) is 0 Å². The Hall–Kier alpha value is -3.31. The molecule has 0 unspecified atom stereocenters. The van der Waals surface area contributed by atoms with Crippen molar-refractivity contribution in [2.45, 2.75) is 33.2 Å². The van der Waals surface area contributed by atoms with E-state index in [0.717, 1.165) is 41.0 Å². The fourth-order valence-corrected chi connectivity index (χ4v) is 3.95. The number of carbonyl (C=O) groups excluding carboxylic acids is 1. The second-order valence-electron chi connectivity index (χ2n) is 8.15. The Balaban J connectivity index is 1.38. The molecule has 0 fully saturated rings. The minimum absolute atomic E-state index is 0.0953. The molecule has 0 saturated heterocycles. The summed E-state index contributed by atoms with van der Waals surface area (Å²) in [4.78, 5) is 17.1. The zero-order valence-corrected chi connectivity index (χ0v) is 19.7. The van der Waals surface area contributed by atoms with Crippen LogP contribution in [0, 0.1) is 13.8 Å². The van der Waals surface area contributed by atoms with Crippen LogP contribution in [0.2, 0.25) is 5.02 Å². The standard InChI is InChI=1S/C27H28ClN3O2/c1-19-9-10-20(2)25(18-19)33-17-16-31-24-7-4-3-6-23(24)30-26(31)8-5-15-29-27(32)21-11-13-22(28)14-12-21/h3-4,6-7,9-14,18H,5,8,15-17H2,1-2H3,(H,29,32). The third kappa shape index (κ3) is 5.74. The van der Waals surface area contributed by atoms with Crippen molar-refractivity contribution >= 4 is 28.5 Å². The van der Waals surface area contributed by atoms with Crippen LogP contribution in [0.15, 0.2) is 66.7 Å². The number of aryl methyl sites for hydroxylation is 3. The molecule has 170 valence electrons. The molecule has 0 saturated carbocycles. The lowest BCUT2D eigenvalue weighted by Gasteiger charge is -2.13. The number of fused-ring (bicyclic) bond motifs is 1. The maximum absolute atomic E-state index is 12.3. The molecule has 1 amide bonds. The Morgan fingerprint density at radius 2 is 1.85 bits per heavy atom. The Labute approximate surface area is 199 Å². The average Bonchev–Trinajstić information content (AvgIpc) is 3.17. The summed E-state index contributed by atoms with van der Waals surface area (Å²) in [5, 5.41) is 3.59. The van der Waals surface area contributed by atoms with Crippen molar-refractivity contribution in [3.8, 4) is 5.75 Å². The molecule has 6 heteroatoms. The van der Waals surface area contributed by atoms with Crippen LogP contribution in [0.4, 0.5) is 0 Å². The normalized spacial score (nSPS) is 11.0. The van der Waals surface area contributed by atoms with Gasteiger partial charge in [-0.25, -0.2) is 4.98 Å². The zero-order chi connectivity index (χ0) is 23.2. The first-order chi connectivity index (χ1) is 16.0.